The molecule has 1 amide bonds. The Morgan fingerprint density at radius 3 is 2.58 bits per heavy atom. The van der Waals surface area contributed by atoms with E-state index >= 15 is 0 Å². The number of amides is 1. The fourth-order valence-corrected chi connectivity index (χ4v) is 2.63. The summed E-state index contributed by atoms with van der Waals surface area (Å²) in [5, 5.41) is 0. The van der Waals surface area contributed by atoms with Crippen molar-refractivity contribution in [3.8, 4) is 5.75 Å². The van der Waals surface area contributed by atoms with Crippen LogP contribution >= 0.6 is 23.9 Å². The Hall–Kier alpha value is -0.850. The second kappa shape index (κ2) is 8.35. The van der Waals surface area contributed by atoms with Crippen LogP contribution in [-0.4, -0.2) is 41.6 Å². The Kier molecular flexibility index (Phi) is 7.12. The highest BCUT2D eigenvalue weighted by Gasteiger charge is 2.15. The first-order valence-corrected chi connectivity index (χ1v) is 7.89. The van der Waals surface area contributed by atoms with Gasteiger partial charge in [-0.15, -0.1) is 0 Å². The smallest absolute Gasteiger partial charge is 0.409 e. The van der Waals surface area contributed by atoms with E-state index < -0.39 is 0 Å². The summed E-state index contributed by atoms with van der Waals surface area (Å²) in [7, 11) is 5.44. The third-order valence-corrected chi connectivity index (χ3v) is 3.82. The maximum absolute atomic E-state index is 11.9. The predicted octanol–water partition coefficient (Wildman–Crippen LogP) is 3.50. The summed E-state index contributed by atoms with van der Waals surface area (Å²) in [6, 6.07) is 7.66. The zero-order valence-electron chi connectivity index (χ0n) is 11.8. The SMILES string of the molecule is CCSCc1ccccc1OC(=O)N(C)SN(C)C. The second-order valence-corrected chi connectivity index (χ2v) is 6.72. The van der Waals surface area contributed by atoms with Crippen molar-refractivity contribution in [3.63, 3.8) is 0 Å². The van der Waals surface area contributed by atoms with E-state index in [1.807, 2.05) is 42.7 Å². The molecule has 0 atom stereocenters. The highest BCUT2D eigenvalue weighted by atomic mass is 32.2. The van der Waals surface area contributed by atoms with Gasteiger partial charge in [0.15, 0.2) is 0 Å². The number of nitrogens with zero attached hydrogens (tertiary/aromatic N) is 2. The van der Waals surface area contributed by atoms with Gasteiger partial charge in [0.1, 0.15) is 5.75 Å². The number of para-hydroxylation sites is 1. The molecule has 106 valence electrons. The first-order chi connectivity index (χ1) is 9.04. The van der Waals surface area contributed by atoms with Crippen LogP contribution in [0.4, 0.5) is 4.79 Å². The molecule has 0 bridgehead atoms. The maximum atomic E-state index is 11.9. The third kappa shape index (κ3) is 5.76. The van der Waals surface area contributed by atoms with E-state index in [0.29, 0.717) is 5.75 Å². The molecule has 1 rings (SSSR count). The first kappa shape index (κ1) is 16.2. The van der Waals surface area contributed by atoms with Crippen molar-refractivity contribution in [2.24, 2.45) is 0 Å². The van der Waals surface area contributed by atoms with Gasteiger partial charge in [-0.2, -0.15) is 11.8 Å². The van der Waals surface area contributed by atoms with Crippen LogP contribution < -0.4 is 4.74 Å². The van der Waals surface area contributed by atoms with Gasteiger partial charge >= 0.3 is 6.09 Å². The van der Waals surface area contributed by atoms with Crippen LogP contribution in [0.5, 0.6) is 5.75 Å². The molecule has 4 nitrogen and oxygen atoms in total. The minimum Gasteiger partial charge on any atom is -0.409 e. The molecule has 6 heteroatoms. The third-order valence-electron chi connectivity index (χ3n) is 2.17. The van der Waals surface area contributed by atoms with E-state index in [1.165, 1.54) is 16.4 Å². The molecule has 0 aliphatic heterocycles. The van der Waals surface area contributed by atoms with E-state index in [2.05, 4.69) is 6.92 Å². The molecular weight excluding hydrogens is 280 g/mol. The lowest BCUT2D eigenvalue weighted by Gasteiger charge is -2.19. The highest BCUT2D eigenvalue weighted by molar-refractivity contribution is 7.98. The van der Waals surface area contributed by atoms with Crippen molar-refractivity contribution in [1.82, 2.24) is 8.61 Å². The first-order valence-electron chi connectivity index (χ1n) is 6.01. The minimum absolute atomic E-state index is 0.368. The molecule has 0 aliphatic carbocycles. The zero-order valence-corrected chi connectivity index (χ0v) is 13.4. The molecule has 1 aromatic rings. The maximum Gasteiger partial charge on any atom is 0.426 e. The van der Waals surface area contributed by atoms with Crippen LogP contribution in [0.15, 0.2) is 24.3 Å². The van der Waals surface area contributed by atoms with Gasteiger partial charge in [-0.05, 0) is 25.9 Å². The molecule has 0 radical (unpaired) electrons. The fraction of sp³-hybridized carbons (Fsp3) is 0.462. The number of rotatable bonds is 6. The van der Waals surface area contributed by atoms with Crippen molar-refractivity contribution < 1.29 is 9.53 Å². The molecule has 0 fully saturated rings. The fourth-order valence-electron chi connectivity index (χ4n) is 1.37. The largest absolute Gasteiger partial charge is 0.426 e. The van der Waals surface area contributed by atoms with Crippen LogP contribution in [0.1, 0.15) is 12.5 Å². The topological polar surface area (TPSA) is 32.8 Å². The molecule has 19 heavy (non-hydrogen) atoms. The van der Waals surface area contributed by atoms with Crippen LogP contribution in [0, 0.1) is 0 Å². The zero-order chi connectivity index (χ0) is 14.3. The lowest BCUT2D eigenvalue weighted by atomic mass is 10.2. The van der Waals surface area contributed by atoms with Crippen LogP contribution in [0.3, 0.4) is 0 Å². The lowest BCUT2D eigenvalue weighted by Crippen LogP contribution is -2.27. The van der Waals surface area contributed by atoms with Gasteiger partial charge in [-0.25, -0.2) is 13.4 Å². The quantitative estimate of drug-likeness (QED) is 0.751. The summed E-state index contributed by atoms with van der Waals surface area (Å²) < 4.78 is 8.73. The van der Waals surface area contributed by atoms with Crippen LogP contribution in [0.25, 0.3) is 0 Å². The number of hydrogen-bond donors (Lipinski definition) is 0. The van der Waals surface area contributed by atoms with Gasteiger partial charge in [-0.1, -0.05) is 25.1 Å². The van der Waals surface area contributed by atoms with Crippen LogP contribution in [-0.2, 0) is 5.75 Å². The van der Waals surface area contributed by atoms with Crippen molar-refractivity contribution >= 4 is 30.0 Å². The number of thioether (sulfide) groups is 1. The average Bonchev–Trinajstić information content (AvgIpc) is 2.36. The average molecular weight is 300 g/mol. The van der Waals surface area contributed by atoms with E-state index in [4.69, 9.17) is 4.74 Å². The van der Waals surface area contributed by atoms with Crippen LogP contribution in [0.2, 0.25) is 0 Å². The van der Waals surface area contributed by atoms with E-state index in [0.717, 1.165) is 17.1 Å². The van der Waals surface area contributed by atoms with Gasteiger partial charge in [-0.3, -0.25) is 0 Å². The van der Waals surface area contributed by atoms with Gasteiger partial charge in [0.2, 0.25) is 0 Å². The molecule has 0 N–H and O–H groups in total. The number of benzene rings is 1. The lowest BCUT2D eigenvalue weighted by molar-refractivity contribution is 0.186. The summed E-state index contributed by atoms with van der Waals surface area (Å²) in [5.41, 5.74) is 1.05. The van der Waals surface area contributed by atoms with E-state index in [1.54, 1.807) is 18.8 Å². The van der Waals surface area contributed by atoms with Gasteiger partial charge < -0.3 is 4.74 Å². The monoisotopic (exact) mass is 300 g/mol. The molecule has 0 saturated carbocycles. The van der Waals surface area contributed by atoms with E-state index in [-0.39, 0.29) is 6.09 Å². The Labute approximate surface area is 123 Å². The molecule has 0 aromatic heterocycles. The summed E-state index contributed by atoms with van der Waals surface area (Å²) in [6.07, 6.45) is -0.368. The molecule has 1 aromatic carbocycles. The van der Waals surface area contributed by atoms with Crippen molar-refractivity contribution in [3.05, 3.63) is 29.8 Å². The summed E-state index contributed by atoms with van der Waals surface area (Å²) in [5.74, 6) is 2.53. The Morgan fingerprint density at radius 2 is 1.95 bits per heavy atom. The van der Waals surface area contributed by atoms with Gasteiger partial charge in [0, 0.05) is 30.5 Å². The molecule has 0 spiro atoms. The number of carbonyl (C=O) groups excluding carboxylic acids is 1. The Morgan fingerprint density at radius 1 is 1.26 bits per heavy atom. The molecule has 0 aliphatic rings. The molecule has 0 saturated heterocycles. The number of ether oxygens (including phenoxy) is 1. The molecule has 0 unspecified atom stereocenters. The van der Waals surface area contributed by atoms with Crippen molar-refractivity contribution in [2.45, 2.75) is 12.7 Å². The summed E-state index contributed by atoms with van der Waals surface area (Å²) in [4.78, 5) is 11.9. The van der Waals surface area contributed by atoms with Crippen molar-refractivity contribution in [1.29, 1.82) is 0 Å². The molecule has 0 heterocycles. The predicted molar refractivity (Wildman–Crippen MR) is 83.3 cm³/mol. The summed E-state index contributed by atoms with van der Waals surface area (Å²) in [6.45, 7) is 2.11. The van der Waals surface area contributed by atoms with Gasteiger partial charge in [0.25, 0.3) is 0 Å². The Balaban J connectivity index is 2.67. The van der Waals surface area contributed by atoms with E-state index in [9.17, 15) is 4.79 Å². The highest BCUT2D eigenvalue weighted by Crippen LogP contribution is 2.24. The van der Waals surface area contributed by atoms with Gasteiger partial charge in [0.05, 0.1) is 0 Å². The van der Waals surface area contributed by atoms with Crippen molar-refractivity contribution in [2.75, 3.05) is 26.9 Å². The standard InChI is InChI=1S/C13H20N2O2S2/c1-5-18-10-11-8-6-7-9-12(11)17-13(16)15(4)19-14(2)3/h6-9H,5,10H2,1-4H3. The number of hydrogen-bond acceptors (Lipinski definition) is 5. The second-order valence-electron chi connectivity index (χ2n) is 4.00. The minimum atomic E-state index is -0.368. The summed E-state index contributed by atoms with van der Waals surface area (Å²) >= 11 is 3.10. The molecular formula is C13H20N2O2S2. The number of carbonyl (C=O) groups is 1. The Bertz CT molecular complexity index is 413. The normalized spacial score (nSPS) is 10.6.